The molecule has 1 unspecified atom stereocenters. The molecule has 3 nitrogen and oxygen atoms in total. The van der Waals surface area contributed by atoms with Crippen LogP contribution >= 0.6 is 11.6 Å². The molecule has 1 aliphatic carbocycles. The molecular formula is C10H18ClNO2S. The lowest BCUT2D eigenvalue weighted by Gasteiger charge is -2.13. The van der Waals surface area contributed by atoms with Gasteiger partial charge in [0.1, 0.15) is 0 Å². The van der Waals surface area contributed by atoms with Crippen molar-refractivity contribution >= 4 is 21.6 Å². The first-order valence-corrected chi connectivity index (χ1v) is 7.25. The van der Waals surface area contributed by atoms with E-state index in [4.69, 9.17) is 11.6 Å². The molecule has 1 atom stereocenters. The number of rotatable bonds is 7. The fourth-order valence-corrected chi connectivity index (χ4v) is 3.16. The zero-order chi connectivity index (χ0) is 11.5. The van der Waals surface area contributed by atoms with Crippen molar-refractivity contribution in [3.8, 4) is 0 Å². The average molecular weight is 252 g/mol. The maximum Gasteiger partial charge on any atom is 0.216 e. The summed E-state index contributed by atoms with van der Waals surface area (Å²) in [4.78, 5) is 0. The summed E-state index contributed by atoms with van der Waals surface area (Å²) in [6.07, 6.45) is 4.63. The van der Waals surface area contributed by atoms with E-state index in [1.54, 1.807) is 0 Å². The van der Waals surface area contributed by atoms with Crippen molar-refractivity contribution in [3.63, 3.8) is 0 Å². The fraction of sp³-hybridized carbons (Fsp3) is 0.800. The summed E-state index contributed by atoms with van der Waals surface area (Å²) in [5.41, 5.74) is 0. The van der Waals surface area contributed by atoms with Gasteiger partial charge in [-0.15, -0.1) is 0 Å². The predicted octanol–water partition coefficient (Wildman–Crippen LogP) is 2.24. The monoisotopic (exact) mass is 251 g/mol. The Bertz CT molecular complexity index is 322. The Morgan fingerprint density at radius 1 is 1.60 bits per heavy atom. The van der Waals surface area contributed by atoms with Crippen molar-refractivity contribution < 1.29 is 8.42 Å². The first kappa shape index (κ1) is 13.0. The smallest absolute Gasteiger partial charge is 0.212 e. The Morgan fingerprint density at radius 2 is 2.20 bits per heavy atom. The van der Waals surface area contributed by atoms with E-state index in [-0.39, 0.29) is 16.8 Å². The highest BCUT2D eigenvalue weighted by Gasteiger charge is 2.22. The second-order valence-electron chi connectivity index (χ2n) is 4.32. The van der Waals surface area contributed by atoms with Gasteiger partial charge in [-0.1, -0.05) is 31.0 Å². The van der Waals surface area contributed by atoms with Crippen LogP contribution in [0.3, 0.4) is 0 Å². The number of hydrogen-bond donors (Lipinski definition) is 1. The lowest BCUT2D eigenvalue weighted by molar-refractivity contribution is 0.525. The van der Waals surface area contributed by atoms with Crippen molar-refractivity contribution in [2.75, 3.05) is 5.75 Å². The fourth-order valence-electron chi connectivity index (χ4n) is 1.51. The Kier molecular flexibility index (Phi) is 4.62. The van der Waals surface area contributed by atoms with E-state index in [9.17, 15) is 8.42 Å². The van der Waals surface area contributed by atoms with Crippen molar-refractivity contribution in [2.45, 2.75) is 38.6 Å². The Morgan fingerprint density at radius 3 is 2.67 bits per heavy atom. The number of nitrogens with one attached hydrogen (secondary N) is 1. The molecule has 1 N–H and O–H groups in total. The molecule has 1 fully saturated rings. The van der Waals surface area contributed by atoms with Crippen LogP contribution in [0.25, 0.3) is 0 Å². The predicted molar refractivity (Wildman–Crippen MR) is 63.3 cm³/mol. The van der Waals surface area contributed by atoms with Crippen LogP contribution in [0.15, 0.2) is 11.6 Å². The molecule has 5 heteroatoms. The molecule has 0 aliphatic heterocycles. The van der Waals surface area contributed by atoms with Crippen molar-refractivity contribution in [1.29, 1.82) is 0 Å². The Balaban J connectivity index is 2.27. The second-order valence-corrected chi connectivity index (χ2v) is 6.60. The Hall–Kier alpha value is -0.0600. The average Bonchev–Trinajstić information content (AvgIpc) is 2.79. The molecule has 0 radical (unpaired) electrons. The molecule has 0 aromatic rings. The topological polar surface area (TPSA) is 46.2 Å². The minimum absolute atomic E-state index is 0.00776. The van der Waals surface area contributed by atoms with E-state index in [0.29, 0.717) is 0 Å². The first-order valence-electron chi connectivity index (χ1n) is 5.22. The third-order valence-corrected chi connectivity index (χ3v) is 4.21. The summed E-state index contributed by atoms with van der Waals surface area (Å²) in [5, 5.41) is 0.150. The Labute approximate surface area is 96.9 Å². The minimum Gasteiger partial charge on any atom is -0.212 e. The van der Waals surface area contributed by atoms with Crippen LogP contribution in [0.2, 0.25) is 0 Å². The van der Waals surface area contributed by atoms with Gasteiger partial charge >= 0.3 is 0 Å². The van der Waals surface area contributed by atoms with Crippen LogP contribution < -0.4 is 4.72 Å². The third-order valence-electron chi connectivity index (χ3n) is 2.43. The molecule has 0 heterocycles. The van der Waals surface area contributed by atoms with Gasteiger partial charge in [0.05, 0.1) is 5.75 Å². The van der Waals surface area contributed by atoms with E-state index in [1.807, 2.05) is 6.92 Å². The van der Waals surface area contributed by atoms with Crippen LogP contribution in [-0.2, 0) is 10.0 Å². The van der Waals surface area contributed by atoms with Gasteiger partial charge in [-0.3, -0.25) is 0 Å². The lowest BCUT2D eigenvalue weighted by atomic mass is 10.1. The molecule has 0 amide bonds. The van der Waals surface area contributed by atoms with Gasteiger partial charge in [0.15, 0.2) is 0 Å². The molecule has 15 heavy (non-hydrogen) atoms. The maximum atomic E-state index is 11.5. The minimum atomic E-state index is -3.29. The standard InChI is InChI=1S/C10H18ClNO2S/c1-8(11)7-15(13,14)12-9(2)3-4-10-5-6-10/h9-10,12H,1,3-7H2,2H3. The third kappa shape index (κ3) is 6.17. The van der Waals surface area contributed by atoms with E-state index in [0.717, 1.165) is 18.8 Å². The SMILES string of the molecule is C=C(Cl)CS(=O)(=O)NC(C)CCC1CC1. The molecule has 1 aliphatic rings. The zero-order valence-corrected chi connectivity index (χ0v) is 10.6. The molecule has 1 rings (SSSR count). The summed E-state index contributed by atoms with van der Waals surface area (Å²) in [6.45, 7) is 5.26. The van der Waals surface area contributed by atoms with E-state index in [1.165, 1.54) is 12.8 Å². The molecule has 0 bridgehead atoms. The maximum absolute atomic E-state index is 11.5. The lowest BCUT2D eigenvalue weighted by Crippen LogP contribution is -2.34. The van der Waals surface area contributed by atoms with Gasteiger partial charge in [0.25, 0.3) is 0 Å². The molecular weight excluding hydrogens is 234 g/mol. The van der Waals surface area contributed by atoms with Crippen LogP contribution in [-0.4, -0.2) is 20.2 Å². The largest absolute Gasteiger partial charge is 0.216 e. The van der Waals surface area contributed by atoms with Gasteiger partial charge in [0.2, 0.25) is 10.0 Å². The number of halogens is 1. The highest BCUT2D eigenvalue weighted by atomic mass is 35.5. The molecule has 1 saturated carbocycles. The van der Waals surface area contributed by atoms with Gasteiger partial charge in [-0.2, -0.15) is 0 Å². The van der Waals surface area contributed by atoms with Crippen molar-refractivity contribution in [2.24, 2.45) is 5.92 Å². The summed E-state index contributed by atoms with van der Waals surface area (Å²) in [6, 6.07) is -0.00776. The van der Waals surface area contributed by atoms with E-state index < -0.39 is 10.0 Å². The van der Waals surface area contributed by atoms with Crippen LogP contribution in [0.4, 0.5) is 0 Å². The van der Waals surface area contributed by atoms with Crippen LogP contribution in [0.1, 0.15) is 32.6 Å². The van der Waals surface area contributed by atoms with Crippen LogP contribution in [0, 0.1) is 5.92 Å². The summed E-state index contributed by atoms with van der Waals surface area (Å²) in [5.74, 6) is 0.641. The molecule has 0 spiro atoms. The highest BCUT2D eigenvalue weighted by Crippen LogP contribution is 2.33. The van der Waals surface area contributed by atoms with Gasteiger partial charge in [-0.25, -0.2) is 13.1 Å². The molecule has 88 valence electrons. The van der Waals surface area contributed by atoms with Gasteiger partial charge in [-0.05, 0) is 25.7 Å². The molecule has 0 saturated heterocycles. The number of sulfonamides is 1. The van der Waals surface area contributed by atoms with Crippen molar-refractivity contribution in [3.05, 3.63) is 11.6 Å². The summed E-state index contributed by atoms with van der Waals surface area (Å²) < 4.78 is 25.5. The second kappa shape index (κ2) is 5.32. The quantitative estimate of drug-likeness (QED) is 0.754. The molecule has 0 aromatic heterocycles. The van der Waals surface area contributed by atoms with Crippen molar-refractivity contribution in [1.82, 2.24) is 4.72 Å². The number of hydrogen-bond acceptors (Lipinski definition) is 2. The normalized spacial score (nSPS) is 18.8. The van der Waals surface area contributed by atoms with E-state index in [2.05, 4.69) is 11.3 Å². The summed E-state index contributed by atoms with van der Waals surface area (Å²) >= 11 is 5.47. The zero-order valence-electron chi connectivity index (χ0n) is 9.00. The highest BCUT2D eigenvalue weighted by molar-refractivity contribution is 7.89. The summed E-state index contributed by atoms with van der Waals surface area (Å²) in [7, 11) is -3.29. The van der Waals surface area contributed by atoms with Gasteiger partial charge < -0.3 is 0 Å². The first-order chi connectivity index (χ1) is 6.89. The van der Waals surface area contributed by atoms with E-state index >= 15 is 0 Å². The molecule has 0 aromatic carbocycles. The van der Waals surface area contributed by atoms with Gasteiger partial charge in [0, 0.05) is 11.1 Å². The van der Waals surface area contributed by atoms with Crippen LogP contribution in [0.5, 0.6) is 0 Å².